The van der Waals surface area contributed by atoms with Crippen LogP contribution in [0.2, 0.25) is 0 Å². The Morgan fingerprint density at radius 2 is 1.68 bits per heavy atom. The van der Waals surface area contributed by atoms with Crippen molar-refractivity contribution in [1.29, 1.82) is 0 Å². The van der Waals surface area contributed by atoms with Gasteiger partial charge in [0.25, 0.3) is 11.6 Å². The summed E-state index contributed by atoms with van der Waals surface area (Å²) in [5.74, 6) is -13.2. The predicted molar refractivity (Wildman–Crippen MR) is 87.0 cm³/mol. The summed E-state index contributed by atoms with van der Waals surface area (Å²) in [7, 11) is 1.21. The van der Waals surface area contributed by atoms with E-state index in [1.165, 1.54) is 7.11 Å². The molecule has 0 atom stereocenters. The Morgan fingerprint density at radius 1 is 1.11 bits per heavy atom. The molecule has 0 fully saturated rings. The summed E-state index contributed by atoms with van der Waals surface area (Å²) in [6, 6.07) is 2.18. The van der Waals surface area contributed by atoms with Gasteiger partial charge in [-0.05, 0) is 0 Å². The van der Waals surface area contributed by atoms with Crippen molar-refractivity contribution in [3.63, 3.8) is 0 Å². The molecule has 3 rings (SSSR count). The van der Waals surface area contributed by atoms with Crippen LogP contribution < -0.4 is 10.1 Å². The fraction of sp³-hybridized carbons (Fsp3) is 0.0667. The van der Waals surface area contributed by atoms with Gasteiger partial charge in [0.15, 0.2) is 34.1 Å². The lowest BCUT2D eigenvalue weighted by atomic mass is 10.1. The topological polar surface area (TPSA) is 94.4 Å². The molecule has 1 amide bonds. The number of non-ortho nitro benzene ring substituents is 1. The monoisotopic (exact) mass is 419 g/mol. The van der Waals surface area contributed by atoms with Crippen molar-refractivity contribution in [1.82, 2.24) is 4.98 Å². The second kappa shape index (κ2) is 6.99. The summed E-state index contributed by atoms with van der Waals surface area (Å²) in [5.41, 5.74) is -1.94. The smallest absolute Gasteiger partial charge is 0.274 e. The number of anilines is 1. The van der Waals surface area contributed by atoms with E-state index < -0.39 is 45.5 Å². The van der Waals surface area contributed by atoms with Gasteiger partial charge >= 0.3 is 0 Å². The first-order chi connectivity index (χ1) is 13.1. The molecule has 7 nitrogen and oxygen atoms in total. The molecule has 0 aliphatic rings. The number of fused-ring (bicyclic) bond motifs is 1. The molecule has 0 spiro atoms. The average Bonchev–Trinajstić information content (AvgIpc) is 3.06. The second-order valence-corrected chi connectivity index (χ2v) is 6.20. The number of thiazole rings is 1. The quantitative estimate of drug-likeness (QED) is 0.225. The van der Waals surface area contributed by atoms with Crippen LogP contribution in [0.25, 0.3) is 10.2 Å². The van der Waals surface area contributed by atoms with Crippen LogP contribution >= 0.6 is 11.3 Å². The number of carbonyl (C=O) groups is 1. The Balaban J connectivity index is 2.04. The zero-order chi connectivity index (χ0) is 20.7. The van der Waals surface area contributed by atoms with Crippen LogP contribution in [-0.4, -0.2) is 22.9 Å². The Morgan fingerprint density at radius 3 is 2.21 bits per heavy atom. The molecule has 1 heterocycles. The highest BCUT2D eigenvalue weighted by atomic mass is 32.1. The van der Waals surface area contributed by atoms with Crippen molar-refractivity contribution in [2.24, 2.45) is 0 Å². The van der Waals surface area contributed by atoms with Gasteiger partial charge in [0, 0.05) is 6.07 Å². The zero-order valence-corrected chi connectivity index (χ0v) is 14.3. The molecule has 1 aromatic heterocycles. The number of nitrogens with one attached hydrogen (secondary N) is 1. The summed E-state index contributed by atoms with van der Waals surface area (Å²) in [4.78, 5) is 26.2. The molecular weight excluding hydrogens is 413 g/mol. The number of hydrogen-bond acceptors (Lipinski definition) is 6. The van der Waals surface area contributed by atoms with E-state index in [0.29, 0.717) is 11.3 Å². The Labute approximate surface area is 155 Å². The SMILES string of the molecule is COc1cc([N+](=O)[O-])cc2sc(NC(=O)c3c(F)c(F)c(F)c(F)c3F)nc12. The average molecular weight is 419 g/mol. The highest BCUT2D eigenvalue weighted by molar-refractivity contribution is 7.22. The van der Waals surface area contributed by atoms with E-state index in [1.807, 2.05) is 5.32 Å². The van der Waals surface area contributed by atoms with E-state index in [4.69, 9.17) is 4.74 Å². The van der Waals surface area contributed by atoms with Gasteiger partial charge in [0.2, 0.25) is 5.82 Å². The normalized spacial score (nSPS) is 10.9. The molecule has 0 unspecified atom stereocenters. The highest BCUT2D eigenvalue weighted by Gasteiger charge is 2.30. The highest BCUT2D eigenvalue weighted by Crippen LogP contribution is 2.36. The van der Waals surface area contributed by atoms with E-state index in [2.05, 4.69) is 4.98 Å². The number of nitro groups is 1. The molecule has 146 valence electrons. The van der Waals surface area contributed by atoms with Crippen molar-refractivity contribution in [2.75, 3.05) is 12.4 Å². The summed E-state index contributed by atoms with van der Waals surface area (Å²) in [6.45, 7) is 0. The van der Waals surface area contributed by atoms with E-state index in [0.717, 1.165) is 12.1 Å². The van der Waals surface area contributed by atoms with Crippen LogP contribution in [0.5, 0.6) is 5.75 Å². The van der Waals surface area contributed by atoms with Crippen molar-refractivity contribution >= 4 is 38.3 Å². The number of nitro benzene ring substituents is 1. The van der Waals surface area contributed by atoms with Gasteiger partial charge in [-0.2, -0.15) is 0 Å². The maximum Gasteiger partial charge on any atom is 0.274 e. The van der Waals surface area contributed by atoms with Gasteiger partial charge < -0.3 is 4.74 Å². The molecule has 1 N–H and O–H groups in total. The van der Waals surface area contributed by atoms with Gasteiger partial charge in [0.05, 0.1) is 22.8 Å². The molecule has 0 aliphatic carbocycles. The molecule has 0 aliphatic heterocycles. The third-order valence-corrected chi connectivity index (χ3v) is 4.45. The first kappa shape index (κ1) is 19.4. The number of ether oxygens (including phenoxy) is 1. The molecule has 2 aromatic carbocycles. The van der Waals surface area contributed by atoms with Crippen LogP contribution in [0.15, 0.2) is 12.1 Å². The predicted octanol–water partition coefficient (Wildman–Crippen LogP) is 4.16. The third-order valence-electron chi connectivity index (χ3n) is 3.53. The Bertz CT molecular complexity index is 1120. The first-order valence-corrected chi connectivity index (χ1v) is 7.93. The lowest BCUT2D eigenvalue weighted by molar-refractivity contribution is -0.384. The van der Waals surface area contributed by atoms with Crippen molar-refractivity contribution in [2.45, 2.75) is 0 Å². The molecule has 0 bridgehead atoms. The van der Waals surface area contributed by atoms with Crippen LogP contribution in [0, 0.1) is 39.2 Å². The van der Waals surface area contributed by atoms with Crippen molar-refractivity contribution in [3.8, 4) is 5.75 Å². The second-order valence-electron chi connectivity index (χ2n) is 5.17. The standard InChI is InChI=1S/C15H6F5N3O4S/c1-27-5-2-4(23(25)26)3-6-13(5)21-15(28-6)22-14(24)7-8(16)10(18)12(20)11(19)9(7)17/h2-3H,1H3,(H,21,22,24). The van der Waals surface area contributed by atoms with Gasteiger partial charge in [-0.15, -0.1) is 0 Å². The number of benzene rings is 2. The van der Waals surface area contributed by atoms with Gasteiger partial charge in [-0.1, -0.05) is 11.3 Å². The zero-order valence-electron chi connectivity index (χ0n) is 13.5. The maximum absolute atomic E-state index is 13.7. The summed E-state index contributed by atoms with van der Waals surface area (Å²) in [5, 5.41) is 12.5. The van der Waals surface area contributed by atoms with Gasteiger partial charge in [-0.3, -0.25) is 20.2 Å². The number of rotatable bonds is 4. The Kier molecular flexibility index (Phi) is 4.85. The van der Waals surface area contributed by atoms with Crippen LogP contribution in [0.3, 0.4) is 0 Å². The first-order valence-electron chi connectivity index (χ1n) is 7.11. The van der Waals surface area contributed by atoms with Gasteiger partial charge in [-0.25, -0.2) is 26.9 Å². The number of carbonyl (C=O) groups excluding carboxylic acids is 1. The van der Waals surface area contributed by atoms with Crippen LogP contribution in [-0.2, 0) is 0 Å². The molecule has 28 heavy (non-hydrogen) atoms. The minimum Gasteiger partial charge on any atom is -0.494 e. The van der Waals surface area contributed by atoms with E-state index >= 15 is 0 Å². The summed E-state index contributed by atoms with van der Waals surface area (Å²) in [6.07, 6.45) is 0. The lowest BCUT2D eigenvalue weighted by Gasteiger charge is -2.07. The molecule has 0 saturated carbocycles. The third kappa shape index (κ3) is 3.09. The molecule has 3 aromatic rings. The van der Waals surface area contributed by atoms with E-state index in [9.17, 15) is 36.9 Å². The molecule has 0 saturated heterocycles. The molecule has 13 heteroatoms. The largest absolute Gasteiger partial charge is 0.494 e. The van der Waals surface area contributed by atoms with E-state index in [-0.39, 0.29) is 26.8 Å². The molecular formula is C15H6F5N3O4S. The van der Waals surface area contributed by atoms with E-state index in [1.54, 1.807) is 0 Å². The number of methoxy groups -OCH3 is 1. The Hall–Kier alpha value is -3.35. The van der Waals surface area contributed by atoms with Gasteiger partial charge in [0.1, 0.15) is 11.1 Å². The number of hydrogen-bond donors (Lipinski definition) is 1. The lowest BCUT2D eigenvalue weighted by Crippen LogP contribution is -2.19. The number of amides is 1. The summed E-state index contributed by atoms with van der Waals surface area (Å²) < 4.78 is 72.2. The fourth-order valence-corrected chi connectivity index (χ4v) is 3.17. The molecule has 0 radical (unpaired) electrons. The summed E-state index contributed by atoms with van der Waals surface area (Å²) >= 11 is 0.671. The van der Waals surface area contributed by atoms with Crippen molar-refractivity contribution in [3.05, 3.63) is 56.9 Å². The fourth-order valence-electron chi connectivity index (χ4n) is 2.26. The number of halogens is 5. The van der Waals surface area contributed by atoms with Crippen molar-refractivity contribution < 1.29 is 36.4 Å². The maximum atomic E-state index is 13.7. The minimum absolute atomic E-state index is 0.0165. The number of aromatic nitrogens is 1. The number of nitrogens with zero attached hydrogens (tertiary/aromatic N) is 2. The van der Waals surface area contributed by atoms with Crippen LogP contribution in [0.4, 0.5) is 32.8 Å². The minimum atomic E-state index is -2.40. The van der Waals surface area contributed by atoms with Crippen LogP contribution in [0.1, 0.15) is 10.4 Å².